The summed E-state index contributed by atoms with van der Waals surface area (Å²) in [6, 6.07) is 6.12. The van der Waals surface area contributed by atoms with Gasteiger partial charge >= 0.3 is 18.3 Å². The van der Waals surface area contributed by atoms with E-state index < -0.39 is 24.9 Å². The van der Waals surface area contributed by atoms with Crippen LogP contribution in [0.1, 0.15) is 5.56 Å². The molecule has 1 aromatic heterocycles. The van der Waals surface area contributed by atoms with Gasteiger partial charge < -0.3 is 10.4 Å². The van der Waals surface area contributed by atoms with E-state index in [1.807, 2.05) is 0 Å². The Balaban J connectivity index is 0.000000553. The molecular formula is C17H19F7N4O2. The Hall–Kier alpha value is -2.67. The van der Waals surface area contributed by atoms with E-state index in [1.54, 1.807) is 18.3 Å². The number of carbonyl (C=O) groups is 1. The molecule has 2 rings (SSSR count). The summed E-state index contributed by atoms with van der Waals surface area (Å²) in [6.45, 7) is 0.171. The predicted octanol–water partition coefficient (Wildman–Crippen LogP) is 3.43. The predicted molar refractivity (Wildman–Crippen MR) is 92.9 cm³/mol. The molecule has 6 nitrogen and oxygen atoms in total. The van der Waals surface area contributed by atoms with Gasteiger partial charge in [-0.05, 0) is 19.2 Å². The van der Waals surface area contributed by atoms with Crippen LogP contribution in [0.2, 0.25) is 0 Å². The molecule has 0 fully saturated rings. The van der Waals surface area contributed by atoms with Crippen LogP contribution in [0.25, 0.3) is 11.3 Å². The van der Waals surface area contributed by atoms with Crippen molar-refractivity contribution in [1.82, 2.24) is 20.4 Å². The molecule has 0 spiro atoms. The number of hydrogen-bond acceptors (Lipinski definition) is 4. The molecule has 0 aliphatic carbocycles. The fourth-order valence-corrected chi connectivity index (χ4v) is 2.22. The molecule has 0 bridgehead atoms. The molecule has 168 valence electrons. The summed E-state index contributed by atoms with van der Waals surface area (Å²) in [5.74, 6) is -3.10. The number of rotatable bonds is 7. The highest BCUT2D eigenvalue weighted by atomic mass is 19.4. The first kappa shape index (κ1) is 25.4. The minimum Gasteiger partial charge on any atom is -0.475 e. The van der Waals surface area contributed by atoms with Gasteiger partial charge in [-0.3, -0.25) is 10.00 Å². The molecule has 1 aromatic carbocycles. The van der Waals surface area contributed by atoms with Gasteiger partial charge in [-0.2, -0.15) is 31.4 Å². The number of carboxylic acids is 1. The molecule has 13 heteroatoms. The maximum atomic E-state index is 13.3. The van der Waals surface area contributed by atoms with Crippen LogP contribution in [0, 0.1) is 5.82 Å². The summed E-state index contributed by atoms with van der Waals surface area (Å²) >= 11 is 0. The van der Waals surface area contributed by atoms with E-state index in [-0.39, 0.29) is 12.4 Å². The van der Waals surface area contributed by atoms with E-state index in [0.717, 1.165) is 5.56 Å². The Labute approximate surface area is 166 Å². The number of likely N-dealkylation sites (N-methyl/N-ethyl adjacent to an activating group) is 1. The topological polar surface area (TPSA) is 81.2 Å². The third-order valence-corrected chi connectivity index (χ3v) is 3.51. The van der Waals surface area contributed by atoms with Crippen molar-refractivity contribution in [3.63, 3.8) is 0 Å². The number of nitrogens with one attached hydrogen (secondary N) is 2. The fourth-order valence-electron chi connectivity index (χ4n) is 2.22. The first-order valence-electron chi connectivity index (χ1n) is 8.34. The minimum absolute atomic E-state index is 0.270. The largest absolute Gasteiger partial charge is 0.490 e. The van der Waals surface area contributed by atoms with Crippen LogP contribution >= 0.6 is 0 Å². The maximum absolute atomic E-state index is 13.3. The molecule has 0 saturated heterocycles. The Morgan fingerprint density at radius 1 is 1.23 bits per heavy atom. The lowest BCUT2D eigenvalue weighted by atomic mass is 10.1. The van der Waals surface area contributed by atoms with E-state index in [4.69, 9.17) is 9.90 Å². The number of nitrogens with zero attached hydrogens (tertiary/aromatic N) is 2. The van der Waals surface area contributed by atoms with Crippen LogP contribution < -0.4 is 5.32 Å². The van der Waals surface area contributed by atoms with Crippen LogP contribution in [-0.4, -0.2) is 65.2 Å². The maximum Gasteiger partial charge on any atom is 0.490 e. The number of hydrogen-bond donors (Lipinski definition) is 3. The molecule has 1 heterocycles. The molecule has 0 radical (unpaired) electrons. The lowest BCUT2D eigenvalue weighted by Crippen LogP contribution is -2.35. The zero-order valence-corrected chi connectivity index (χ0v) is 15.6. The van der Waals surface area contributed by atoms with Crippen molar-refractivity contribution >= 4 is 5.97 Å². The van der Waals surface area contributed by atoms with Gasteiger partial charge in [0.05, 0.1) is 18.4 Å². The standard InChI is InChI=1S/C15H18F4N4.C2HF3O2/c1-23(10-15(17,18)19)6-5-20-8-12-9-21-22-14(12)11-3-2-4-13(16)7-11;3-2(4,5)1(6)7/h2-4,7,9,20H,5-6,8,10H2,1H3,(H,21,22);(H,6,7). The number of aromatic amines is 1. The fraction of sp³-hybridized carbons (Fsp3) is 0.412. The van der Waals surface area contributed by atoms with Gasteiger partial charge in [-0.25, -0.2) is 9.18 Å². The molecule has 0 amide bonds. The summed E-state index contributed by atoms with van der Waals surface area (Å²) in [5, 5.41) is 16.9. The zero-order chi connectivity index (χ0) is 22.9. The van der Waals surface area contributed by atoms with Crippen LogP contribution in [0.5, 0.6) is 0 Å². The average molecular weight is 444 g/mol. The van der Waals surface area contributed by atoms with Gasteiger partial charge in [0.15, 0.2) is 0 Å². The first-order valence-corrected chi connectivity index (χ1v) is 8.34. The molecule has 0 aliphatic heterocycles. The van der Waals surface area contributed by atoms with E-state index in [0.29, 0.717) is 24.3 Å². The van der Waals surface area contributed by atoms with E-state index in [9.17, 15) is 30.7 Å². The summed E-state index contributed by atoms with van der Waals surface area (Å²) < 4.78 is 81.6. The van der Waals surface area contributed by atoms with Gasteiger partial charge in [-0.1, -0.05) is 12.1 Å². The lowest BCUT2D eigenvalue weighted by Gasteiger charge is -2.18. The van der Waals surface area contributed by atoms with Crippen molar-refractivity contribution in [2.45, 2.75) is 18.9 Å². The second kappa shape index (κ2) is 10.9. The molecule has 2 aromatic rings. The molecule has 0 unspecified atom stereocenters. The molecule has 0 aliphatic rings. The van der Waals surface area contributed by atoms with Gasteiger partial charge in [0.2, 0.25) is 0 Å². The third kappa shape index (κ3) is 9.69. The van der Waals surface area contributed by atoms with Gasteiger partial charge in [-0.15, -0.1) is 0 Å². The number of aliphatic carboxylic acids is 1. The summed E-state index contributed by atoms with van der Waals surface area (Å²) in [7, 11) is 1.42. The Morgan fingerprint density at radius 2 is 1.87 bits per heavy atom. The minimum atomic E-state index is -5.08. The zero-order valence-electron chi connectivity index (χ0n) is 15.6. The normalized spacial score (nSPS) is 11.9. The van der Waals surface area contributed by atoms with Crippen molar-refractivity contribution in [3.05, 3.63) is 41.8 Å². The van der Waals surface area contributed by atoms with Crippen molar-refractivity contribution < 1.29 is 40.6 Å². The molecule has 0 saturated carbocycles. The highest BCUT2D eigenvalue weighted by Crippen LogP contribution is 2.21. The number of aromatic nitrogens is 2. The quantitative estimate of drug-likeness (QED) is 0.451. The van der Waals surface area contributed by atoms with Gasteiger partial charge in [0.1, 0.15) is 5.82 Å². The second-order valence-corrected chi connectivity index (χ2v) is 6.11. The number of benzene rings is 1. The Kier molecular flexibility index (Phi) is 9.23. The Morgan fingerprint density at radius 3 is 2.40 bits per heavy atom. The van der Waals surface area contributed by atoms with Crippen molar-refractivity contribution in [3.8, 4) is 11.3 Å². The van der Waals surface area contributed by atoms with Crippen molar-refractivity contribution in [2.24, 2.45) is 0 Å². The molecular weight excluding hydrogens is 425 g/mol. The SMILES string of the molecule is CN(CCNCc1cn[nH]c1-c1cccc(F)c1)CC(F)(F)F.O=C(O)C(F)(F)F. The number of halogens is 7. The third-order valence-electron chi connectivity index (χ3n) is 3.51. The van der Waals surface area contributed by atoms with Gasteiger partial charge in [0.25, 0.3) is 0 Å². The first-order chi connectivity index (χ1) is 13.8. The van der Waals surface area contributed by atoms with Crippen LogP contribution in [-0.2, 0) is 11.3 Å². The molecule has 30 heavy (non-hydrogen) atoms. The van der Waals surface area contributed by atoms with Crippen molar-refractivity contribution in [1.29, 1.82) is 0 Å². The van der Waals surface area contributed by atoms with Crippen molar-refractivity contribution in [2.75, 3.05) is 26.7 Å². The van der Waals surface area contributed by atoms with E-state index >= 15 is 0 Å². The number of alkyl halides is 6. The van der Waals surface area contributed by atoms with Crippen LogP contribution in [0.3, 0.4) is 0 Å². The lowest BCUT2D eigenvalue weighted by molar-refractivity contribution is -0.192. The summed E-state index contributed by atoms with van der Waals surface area (Å²) in [5.41, 5.74) is 2.20. The second-order valence-electron chi connectivity index (χ2n) is 6.11. The van der Waals surface area contributed by atoms with Gasteiger partial charge in [0, 0.05) is 30.8 Å². The molecule has 3 N–H and O–H groups in total. The van der Waals surface area contributed by atoms with E-state index in [1.165, 1.54) is 24.1 Å². The highest BCUT2D eigenvalue weighted by molar-refractivity contribution is 5.73. The van der Waals surface area contributed by atoms with E-state index in [2.05, 4.69) is 15.5 Å². The summed E-state index contributed by atoms with van der Waals surface area (Å²) in [6.07, 6.45) is -7.66. The highest BCUT2D eigenvalue weighted by Gasteiger charge is 2.38. The smallest absolute Gasteiger partial charge is 0.475 e. The number of H-pyrrole nitrogens is 1. The number of carboxylic acid groups (broad SMARTS) is 1. The van der Waals surface area contributed by atoms with Crippen LogP contribution in [0.4, 0.5) is 30.7 Å². The average Bonchev–Trinajstić information content (AvgIpc) is 3.05. The van der Waals surface area contributed by atoms with Crippen LogP contribution in [0.15, 0.2) is 30.5 Å². The summed E-state index contributed by atoms with van der Waals surface area (Å²) in [4.78, 5) is 10.1. The monoisotopic (exact) mass is 444 g/mol. The Bertz CT molecular complexity index is 806. The molecule has 0 atom stereocenters.